The largest absolute Gasteiger partial charge is 0.469 e. The Hall–Kier alpha value is -1.95. The van der Waals surface area contributed by atoms with Crippen LogP contribution in [0, 0.1) is 16.0 Å². The molecule has 0 spiro atoms. The van der Waals surface area contributed by atoms with E-state index < -0.39 is 4.92 Å². The molecule has 1 heterocycles. The summed E-state index contributed by atoms with van der Waals surface area (Å²) in [6.07, 6.45) is 0. The average molecular weight is 264 g/mol. The van der Waals surface area contributed by atoms with Crippen LogP contribution in [0.5, 0.6) is 0 Å². The van der Waals surface area contributed by atoms with Crippen LogP contribution in [0.15, 0.2) is 24.3 Å². The Morgan fingerprint density at radius 2 is 2.21 bits per heavy atom. The lowest BCUT2D eigenvalue weighted by atomic mass is 9.89. The van der Waals surface area contributed by atoms with Crippen molar-refractivity contribution in [2.24, 2.45) is 5.92 Å². The first-order chi connectivity index (χ1) is 9.02. The number of carbonyl (C=O) groups excluding carboxylic acids is 1. The van der Waals surface area contributed by atoms with E-state index in [1.165, 1.54) is 13.2 Å². The van der Waals surface area contributed by atoms with Crippen molar-refractivity contribution in [2.75, 3.05) is 27.2 Å². The zero-order valence-electron chi connectivity index (χ0n) is 10.9. The number of likely N-dealkylation sites (tertiary alicyclic amines) is 1. The molecule has 6 heteroatoms. The second kappa shape index (κ2) is 5.36. The van der Waals surface area contributed by atoms with Gasteiger partial charge in [-0.15, -0.1) is 0 Å². The van der Waals surface area contributed by atoms with Crippen LogP contribution in [-0.2, 0) is 9.53 Å². The number of likely N-dealkylation sites (N-methyl/N-ethyl adjacent to an activating group) is 1. The Labute approximate surface area is 111 Å². The summed E-state index contributed by atoms with van der Waals surface area (Å²) in [6, 6.07) is 6.47. The van der Waals surface area contributed by atoms with Crippen molar-refractivity contribution in [1.82, 2.24) is 4.90 Å². The molecule has 0 aliphatic carbocycles. The highest BCUT2D eigenvalue weighted by Gasteiger charge is 2.38. The number of non-ortho nitro benzene ring substituents is 1. The molecule has 1 saturated heterocycles. The molecular weight excluding hydrogens is 248 g/mol. The Bertz CT molecular complexity index is 503. The van der Waals surface area contributed by atoms with Gasteiger partial charge < -0.3 is 9.64 Å². The number of benzene rings is 1. The van der Waals surface area contributed by atoms with Crippen molar-refractivity contribution >= 4 is 11.7 Å². The van der Waals surface area contributed by atoms with E-state index in [1.54, 1.807) is 12.1 Å². The molecule has 1 aliphatic rings. The van der Waals surface area contributed by atoms with Gasteiger partial charge in [0.1, 0.15) is 0 Å². The van der Waals surface area contributed by atoms with E-state index in [2.05, 4.69) is 0 Å². The van der Waals surface area contributed by atoms with Gasteiger partial charge >= 0.3 is 5.97 Å². The summed E-state index contributed by atoms with van der Waals surface area (Å²) in [6.45, 7) is 1.31. The maximum atomic E-state index is 11.8. The lowest BCUT2D eigenvalue weighted by molar-refractivity contribution is -0.384. The molecule has 0 unspecified atom stereocenters. The molecule has 1 fully saturated rings. The molecule has 0 N–H and O–H groups in total. The minimum absolute atomic E-state index is 0.0515. The van der Waals surface area contributed by atoms with Gasteiger partial charge in [-0.1, -0.05) is 12.1 Å². The summed E-state index contributed by atoms with van der Waals surface area (Å²) in [5.41, 5.74) is 0.865. The number of ether oxygens (including phenoxy) is 1. The Morgan fingerprint density at radius 3 is 2.84 bits per heavy atom. The van der Waals surface area contributed by atoms with Gasteiger partial charge in [-0.3, -0.25) is 14.9 Å². The summed E-state index contributed by atoms with van der Waals surface area (Å²) in [4.78, 5) is 24.2. The van der Waals surface area contributed by atoms with Gasteiger partial charge in [0.05, 0.1) is 18.0 Å². The van der Waals surface area contributed by atoms with Gasteiger partial charge in [-0.2, -0.15) is 0 Å². The summed E-state index contributed by atoms with van der Waals surface area (Å²) < 4.78 is 4.81. The molecule has 0 bridgehead atoms. The average Bonchev–Trinajstić information content (AvgIpc) is 2.80. The van der Waals surface area contributed by atoms with E-state index in [0.29, 0.717) is 13.1 Å². The van der Waals surface area contributed by atoms with Crippen LogP contribution in [-0.4, -0.2) is 43.0 Å². The molecular formula is C13H16N2O4. The Morgan fingerprint density at radius 1 is 1.47 bits per heavy atom. The number of carbonyl (C=O) groups is 1. The smallest absolute Gasteiger partial charge is 0.310 e. The highest BCUT2D eigenvalue weighted by atomic mass is 16.6. The standard InChI is InChI=1S/C13H16N2O4/c1-14-7-11(12(8-14)13(16)19-2)9-4-3-5-10(6-9)15(17)18/h3-6,11-12H,7-8H2,1-2H3/t11-,12-/m0/s1. The molecule has 1 aromatic rings. The lowest BCUT2D eigenvalue weighted by Crippen LogP contribution is -2.23. The van der Waals surface area contributed by atoms with Crippen molar-refractivity contribution in [3.63, 3.8) is 0 Å². The molecule has 19 heavy (non-hydrogen) atoms. The van der Waals surface area contributed by atoms with Crippen LogP contribution in [0.25, 0.3) is 0 Å². The molecule has 0 amide bonds. The second-order valence-electron chi connectivity index (χ2n) is 4.81. The van der Waals surface area contributed by atoms with Crippen LogP contribution in [0.1, 0.15) is 11.5 Å². The van der Waals surface area contributed by atoms with Crippen molar-refractivity contribution < 1.29 is 14.5 Å². The highest BCUT2D eigenvalue weighted by molar-refractivity contribution is 5.74. The van der Waals surface area contributed by atoms with Crippen LogP contribution in [0.3, 0.4) is 0 Å². The number of nitro groups is 1. The zero-order valence-corrected chi connectivity index (χ0v) is 10.9. The number of hydrogen-bond donors (Lipinski definition) is 0. The maximum Gasteiger partial charge on any atom is 0.310 e. The zero-order chi connectivity index (χ0) is 14.0. The fourth-order valence-corrected chi connectivity index (χ4v) is 2.60. The van der Waals surface area contributed by atoms with Crippen molar-refractivity contribution in [2.45, 2.75) is 5.92 Å². The van der Waals surface area contributed by atoms with Gasteiger partial charge in [0, 0.05) is 31.1 Å². The first kappa shape index (κ1) is 13.5. The van der Waals surface area contributed by atoms with Gasteiger partial charge in [0.25, 0.3) is 5.69 Å². The number of esters is 1. The predicted molar refractivity (Wildman–Crippen MR) is 68.8 cm³/mol. The predicted octanol–water partition coefficient (Wildman–Crippen LogP) is 1.41. The van der Waals surface area contributed by atoms with Crippen molar-refractivity contribution in [3.8, 4) is 0 Å². The van der Waals surface area contributed by atoms with Crippen LogP contribution in [0.2, 0.25) is 0 Å². The van der Waals surface area contributed by atoms with Crippen molar-refractivity contribution in [1.29, 1.82) is 0 Å². The molecule has 1 aromatic carbocycles. The lowest BCUT2D eigenvalue weighted by Gasteiger charge is -2.16. The first-order valence-electron chi connectivity index (χ1n) is 6.03. The maximum absolute atomic E-state index is 11.8. The van der Waals surface area contributed by atoms with E-state index in [-0.39, 0.29) is 23.5 Å². The number of hydrogen-bond acceptors (Lipinski definition) is 5. The first-order valence-corrected chi connectivity index (χ1v) is 6.03. The number of rotatable bonds is 3. The molecule has 6 nitrogen and oxygen atoms in total. The third-order valence-corrected chi connectivity index (χ3v) is 3.52. The third-order valence-electron chi connectivity index (χ3n) is 3.52. The normalized spacial score (nSPS) is 23.3. The molecule has 2 atom stereocenters. The monoisotopic (exact) mass is 264 g/mol. The van der Waals surface area contributed by atoms with E-state index in [0.717, 1.165) is 5.56 Å². The summed E-state index contributed by atoms with van der Waals surface area (Å²) in [5.74, 6) is -0.588. The SMILES string of the molecule is COC(=O)[C@H]1CN(C)C[C@H]1c1cccc([N+](=O)[O-])c1. The van der Waals surface area contributed by atoms with Gasteiger partial charge in [0.2, 0.25) is 0 Å². The van der Waals surface area contributed by atoms with Crippen LogP contribution in [0.4, 0.5) is 5.69 Å². The van der Waals surface area contributed by atoms with Crippen LogP contribution >= 0.6 is 0 Å². The van der Waals surface area contributed by atoms with Crippen molar-refractivity contribution in [3.05, 3.63) is 39.9 Å². The molecule has 102 valence electrons. The summed E-state index contributed by atoms with van der Waals surface area (Å²) in [5, 5.41) is 10.8. The van der Waals surface area contributed by atoms with E-state index in [9.17, 15) is 14.9 Å². The number of methoxy groups -OCH3 is 1. The van der Waals surface area contributed by atoms with E-state index >= 15 is 0 Å². The Kier molecular flexibility index (Phi) is 3.80. The highest BCUT2D eigenvalue weighted by Crippen LogP contribution is 2.34. The van der Waals surface area contributed by atoms with Gasteiger partial charge in [-0.05, 0) is 12.6 Å². The second-order valence-corrected chi connectivity index (χ2v) is 4.81. The quantitative estimate of drug-likeness (QED) is 0.469. The fraction of sp³-hybridized carbons (Fsp3) is 0.462. The molecule has 0 radical (unpaired) electrons. The topological polar surface area (TPSA) is 72.7 Å². The fourth-order valence-electron chi connectivity index (χ4n) is 2.60. The summed E-state index contributed by atoms with van der Waals surface area (Å²) >= 11 is 0. The number of nitrogens with zero attached hydrogens (tertiary/aromatic N) is 2. The van der Waals surface area contributed by atoms with E-state index in [4.69, 9.17) is 4.74 Å². The van der Waals surface area contributed by atoms with Crippen LogP contribution < -0.4 is 0 Å². The number of nitro benzene ring substituents is 1. The third kappa shape index (κ3) is 2.73. The molecule has 2 rings (SSSR count). The minimum atomic E-state index is -0.421. The molecule has 0 aromatic heterocycles. The molecule has 1 aliphatic heterocycles. The summed E-state index contributed by atoms with van der Waals surface area (Å²) in [7, 11) is 3.29. The molecule has 0 saturated carbocycles. The Balaban J connectivity index is 2.31. The minimum Gasteiger partial charge on any atom is -0.469 e. The van der Waals surface area contributed by atoms with Gasteiger partial charge in [0.15, 0.2) is 0 Å². The van der Waals surface area contributed by atoms with Gasteiger partial charge in [-0.25, -0.2) is 0 Å². The van der Waals surface area contributed by atoms with E-state index in [1.807, 2.05) is 18.0 Å².